The molecule has 0 rings (SSSR count). The van der Waals surface area contributed by atoms with Gasteiger partial charge in [-0.15, -0.1) is 0 Å². The molecule has 0 spiro atoms. The minimum Gasteiger partial charge on any atom is -1.00 e. The molecule has 0 bridgehead atoms. The van der Waals surface area contributed by atoms with Crippen LogP contribution >= 0.6 is 0 Å². The topological polar surface area (TPSA) is 0 Å². The average molecular weight is 281 g/mol. The van der Waals surface area contributed by atoms with E-state index >= 15 is 0 Å². The zero-order valence-electron chi connectivity index (χ0n) is 3.10. The fourth-order valence-corrected chi connectivity index (χ4v) is 0. The van der Waals surface area contributed by atoms with Crippen LogP contribution in [0.4, 0.5) is 0 Å². The summed E-state index contributed by atoms with van der Waals surface area (Å²) >= 11 is 0. The van der Waals surface area contributed by atoms with Crippen molar-refractivity contribution in [1.82, 2.24) is 0 Å². The molecular weight excluding hydrogens is 277 g/mol. The second-order valence-corrected chi connectivity index (χ2v) is 0. The van der Waals surface area contributed by atoms with Crippen molar-refractivity contribution in [3.05, 3.63) is 0 Å². The molecule has 0 aromatic rings. The van der Waals surface area contributed by atoms with Crippen molar-refractivity contribution < 1.29 is 107 Å². The molecule has 0 nitrogen and oxygen atoms in total. The first-order valence-corrected chi connectivity index (χ1v) is 0. The summed E-state index contributed by atoms with van der Waals surface area (Å²) < 4.78 is 0. The van der Waals surface area contributed by atoms with Gasteiger partial charge in [-0.3, -0.25) is 0 Å². The SMILES string of the molecule is [AlH3].[Cr].[Fe].[H-].[K+].[Rh]. The Balaban J connectivity index is 0. The van der Waals surface area contributed by atoms with Crippen molar-refractivity contribution in [3.63, 3.8) is 0 Å². The monoisotopic (exact) mass is 281 g/mol. The summed E-state index contributed by atoms with van der Waals surface area (Å²) in [6, 6.07) is 0. The summed E-state index contributed by atoms with van der Waals surface area (Å²) in [4.78, 5) is 0. The third-order valence-corrected chi connectivity index (χ3v) is 0. The van der Waals surface area contributed by atoms with Gasteiger partial charge in [-0.1, -0.05) is 0 Å². The van der Waals surface area contributed by atoms with E-state index in [4.69, 9.17) is 0 Å². The fourth-order valence-electron chi connectivity index (χ4n) is 0. The van der Waals surface area contributed by atoms with Crippen molar-refractivity contribution >= 4 is 17.4 Å². The summed E-state index contributed by atoms with van der Waals surface area (Å²) in [6.45, 7) is 0. The third-order valence-electron chi connectivity index (χ3n) is 0. The molecule has 0 aromatic heterocycles. The average Bonchev–Trinajstić information content (AvgIpc) is 0. The number of hydrogen-bond acceptors (Lipinski definition) is 0. The molecule has 1 radical (unpaired) electrons. The molecule has 0 unspecified atom stereocenters. The van der Waals surface area contributed by atoms with Gasteiger partial charge in [-0.2, -0.15) is 0 Å². The Morgan fingerprint density at radius 1 is 1.20 bits per heavy atom. The van der Waals surface area contributed by atoms with E-state index in [1.54, 1.807) is 0 Å². The van der Waals surface area contributed by atoms with Crippen LogP contribution in [0.2, 0.25) is 0 Å². The van der Waals surface area contributed by atoms with E-state index in [9.17, 15) is 0 Å². The molecule has 0 saturated carbocycles. The Morgan fingerprint density at radius 2 is 1.20 bits per heavy atom. The molecule has 0 fully saturated rings. The Morgan fingerprint density at radius 3 is 1.20 bits per heavy atom. The molecule has 0 heterocycles. The van der Waals surface area contributed by atoms with Gasteiger partial charge in [0.1, 0.15) is 0 Å². The first-order chi connectivity index (χ1) is 0. The van der Waals surface area contributed by atoms with E-state index in [0.717, 1.165) is 0 Å². The maximum atomic E-state index is 0. The molecule has 0 N–H and O–H groups in total. The standard InChI is InChI=1S/Al.Cr.Fe.K.Rh.4H/q;;;+1;;;;;-1. The second kappa shape index (κ2) is 24.9. The molecule has 5 heteroatoms. The summed E-state index contributed by atoms with van der Waals surface area (Å²) in [5.74, 6) is 0. The van der Waals surface area contributed by atoms with E-state index in [2.05, 4.69) is 0 Å². The zero-order chi connectivity index (χ0) is 0. The summed E-state index contributed by atoms with van der Waals surface area (Å²) in [6.07, 6.45) is 0. The number of rotatable bonds is 0. The van der Waals surface area contributed by atoms with Crippen LogP contribution in [-0.2, 0) is 53.9 Å². The van der Waals surface area contributed by atoms with Gasteiger partial charge >= 0.3 is 51.4 Å². The summed E-state index contributed by atoms with van der Waals surface area (Å²) in [5.41, 5.74) is 0. The summed E-state index contributed by atoms with van der Waals surface area (Å²) in [5, 5.41) is 0. The van der Waals surface area contributed by atoms with Crippen LogP contribution in [0.15, 0.2) is 0 Å². The van der Waals surface area contributed by atoms with Crippen molar-refractivity contribution in [2.24, 2.45) is 0 Å². The maximum absolute atomic E-state index is 0. The van der Waals surface area contributed by atoms with Gasteiger partial charge in [0, 0.05) is 53.9 Å². The molecule has 0 aliphatic heterocycles. The molecular formula is H4AlCrFeKRh. The molecule has 0 atom stereocenters. The molecule has 0 saturated heterocycles. The molecule has 0 aromatic carbocycles. The Labute approximate surface area is 121 Å². The van der Waals surface area contributed by atoms with Gasteiger partial charge < -0.3 is 1.43 Å². The van der Waals surface area contributed by atoms with Gasteiger partial charge in [0.2, 0.25) is 0 Å². The third kappa shape index (κ3) is 18.1. The van der Waals surface area contributed by atoms with Crippen LogP contribution in [0.3, 0.4) is 0 Å². The molecule has 5 heavy (non-hydrogen) atoms. The smallest absolute Gasteiger partial charge is 1.00 e. The van der Waals surface area contributed by atoms with E-state index in [1.165, 1.54) is 0 Å². The van der Waals surface area contributed by atoms with Crippen LogP contribution in [-0.4, -0.2) is 17.4 Å². The Bertz CT molecular complexity index is 15.5. The van der Waals surface area contributed by atoms with E-state index in [1.807, 2.05) is 0 Å². The van der Waals surface area contributed by atoms with Crippen molar-refractivity contribution in [1.29, 1.82) is 0 Å². The Kier molecular flexibility index (Phi) is 183. The van der Waals surface area contributed by atoms with Gasteiger partial charge in [-0.25, -0.2) is 0 Å². The largest absolute Gasteiger partial charge is 1.00 e. The van der Waals surface area contributed by atoms with Gasteiger partial charge in [0.15, 0.2) is 17.4 Å². The summed E-state index contributed by atoms with van der Waals surface area (Å²) in [7, 11) is 0. The van der Waals surface area contributed by atoms with E-state index in [0.29, 0.717) is 0 Å². The first-order valence-electron chi connectivity index (χ1n) is 0. The zero-order valence-corrected chi connectivity index (χ0v) is 9.24. The van der Waals surface area contributed by atoms with E-state index < -0.39 is 0 Å². The molecule has 0 aliphatic carbocycles. The van der Waals surface area contributed by atoms with Gasteiger partial charge in [-0.05, 0) is 0 Å². The second-order valence-electron chi connectivity index (χ2n) is 0. The van der Waals surface area contributed by atoms with Crippen molar-refractivity contribution in [2.45, 2.75) is 0 Å². The van der Waals surface area contributed by atoms with E-state index in [-0.39, 0.29) is 124 Å². The molecule has 31 valence electrons. The quantitative estimate of drug-likeness (QED) is 0.396. The van der Waals surface area contributed by atoms with Crippen LogP contribution < -0.4 is 51.4 Å². The normalized spacial score (nSPS) is 0. The van der Waals surface area contributed by atoms with Crippen LogP contribution in [0.1, 0.15) is 1.43 Å². The Hall–Kier alpha value is 3.84. The van der Waals surface area contributed by atoms with Crippen LogP contribution in [0.25, 0.3) is 0 Å². The number of hydrogen-bond donors (Lipinski definition) is 0. The van der Waals surface area contributed by atoms with Crippen LogP contribution in [0, 0.1) is 0 Å². The molecule has 0 aliphatic rings. The maximum Gasteiger partial charge on any atom is 1.00 e. The van der Waals surface area contributed by atoms with Gasteiger partial charge in [0.25, 0.3) is 0 Å². The van der Waals surface area contributed by atoms with Gasteiger partial charge in [0.05, 0.1) is 0 Å². The fraction of sp³-hybridized carbons (Fsp3) is 0. The van der Waals surface area contributed by atoms with Crippen molar-refractivity contribution in [3.8, 4) is 0 Å². The minimum absolute atomic E-state index is 0. The predicted molar refractivity (Wildman–Crippen MR) is 11.1 cm³/mol. The predicted octanol–water partition coefficient (Wildman–Crippen LogP) is -4.07. The first kappa shape index (κ1) is 36.8. The van der Waals surface area contributed by atoms with Crippen LogP contribution in [0.5, 0.6) is 0 Å². The minimum atomic E-state index is 0. The van der Waals surface area contributed by atoms with Crippen molar-refractivity contribution in [2.75, 3.05) is 0 Å². The molecule has 0 amide bonds.